The minimum absolute atomic E-state index is 0.183. The van der Waals surface area contributed by atoms with Crippen LogP contribution in [0.3, 0.4) is 0 Å². The van der Waals surface area contributed by atoms with Gasteiger partial charge in [-0.05, 0) is 29.8 Å². The van der Waals surface area contributed by atoms with Crippen LogP contribution in [0.1, 0.15) is 13.3 Å². The maximum absolute atomic E-state index is 13.6. The monoisotopic (exact) mass is 322 g/mol. The van der Waals surface area contributed by atoms with Crippen molar-refractivity contribution in [2.45, 2.75) is 13.3 Å². The van der Waals surface area contributed by atoms with E-state index < -0.39 is 0 Å². The summed E-state index contributed by atoms with van der Waals surface area (Å²) in [6, 6.07) is 9.81. The zero-order valence-electron chi connectivity index (χ0n) is 13.0. The molecular formula is C18H15FN4O. The second-order valence-corrected chi connectivity index (χ2v) is 5.10. The summed E-state index contributed by atoms with van der Waals surface area (Å²) in [5.74, 6) is -0.346. The third kappa shape index (κ3) is 3.43. The second kappa shape index (κ2) is 6.95. The predicted molar refractivity (Wildman–Crippen MR) is 89.6 cm³/mol. The Kier molecular flexibility index (Phi) is 4.56. The number of hydrogen-bond donors (Lipinski definition) is 1. The SMILES string of the molecule is CCC(=O)Nc1ncc(-c2ccncc2)c(-c2cccc(F)c2)n1. The van der Waals surface area contributed by atoms with Gasteiger partial charge in [0, 0.05) is 36.1 Å². The highest BCUT2D eigenvalue weighted by Crippen LogP contribution is 2.30. The van der Waals surface area contributed by atoms with Crippen molar-refractivity contribution in [3.8, 4) is 22.4 Å². The molecule has 6 heteroatoms. The summed E-state index contributed by atoms with van der Waals surface area (Å²) >= 11 is 0. The van der Waals surface area contributed by atoms with Gasteiger partial charge in [-0.25, -0.2) is 14.4 Å². The smallest absolute Gasteiger partial charge is 0.229 e. The number of amides is 1. The topological polar surface area (TPSA) is 67.8 Å². The summed E-state index contributed by atoms with van der Waals surface area (Å²) in [5, 5.41) is 2.63. The molecule has 0 unspecified atom stereocenters. The van der Waals surface area contributed by atoms with Crippen molar-refractivity contribution >= 4 is 11.9 Å². The molecule has 0 saturated heterocycles. The maximum atomic E-state index is 13.6. The van der Waals surface area contributed by atoms with Crippen molar-refractivity contribution in [2.24, 2.45) is 0 Å². The minimum atomic E-state index is -0.356. The van der Waals surface area contributed by atoms with Crippen LogP contribution in [0.15, 0.2) is 55.0 Å². The van der Waals surface area contributed by atoms with Gasteiger partial charge in [-0.2, -0.15) is 0 Å². The first-order valence-electron chi connectivity index (χ1n) is 7.50. The lowest BCUT2D eigenvalue weighted by Crippen LogP contribution is -2.12. The van der Waals surface area contributed by atoms with Crippen molar-refractivity contribution in [2.75, 3.05) is 5.32 Å². The van der Waals surface area contributed by atoms with Gasteiger partial charge < -0.3 is 0 Å². The Morgan fingerprint density at radius 1 is 1.17 bits per heavy atom. The summed E-state index contributed by atoms with van der Waals surface area (Å²) in [6.07, 6.45) is 5.27. The fourth-order valence-corrected chi connectivity index (χ4v) is 2.25. The normalized spacial score (nSPS) is 10.4. The molecule has 0 atom stereocenters. The summed E-state index contributed by atoms with van der Waals surface area (Å²) in [4.78, 5) is 24.2. The minimum Gasteiger partial charge on any atom is -0.295 e. The van der Waals surface area contributed by atoms with Crippen LogP contribution in [0.25, 0.3) is 22.4 Å². The summed E-state index contributed by atoms with van der Waals surface area (Å²) in [5.41, 5.74) is 2.74. The van der Waals surface area contributed by atoms with Gasteiger partial charge in [0.05, 0.1) is 5.69 Å². The number of rotatable bonds is 4. The number of anilines is 1. The zero-order chi connectivity index (χ0) is 16.9. The molecule has 0 saturated carbocycles. The van der Waals surface area contributed by atoms with Crippen LogP contribution in [0.2, 0.25) is 0 Å². The third-order valence-corrected chi connectivity index (χ3v) is 3.45. The Hall–Kier alpha value is -3.15. The first-order valence-corrected chi connectivity index (χ1v) is 7.50. The molecule has 1 aromatic carbocycles. The average Bonchev–Trinajstić information content (AvgIpc) is 2.62. The van der Waals surface area contributed by atoms with Gasteiger partial charge in [-0.15, -0.1) is 0 Å². The van der Waals surface area contributed by atoms with E-state index in [0.29, 0.717) is 17.7 Å². The van der Waals surface area contributed by atoms with Gasteiger partial charge in [0.2, 0.25) is 11.9 Å². The van der Waals surface area contributed by atoms with Gasteiger partial charge in [-0.3, -0.25) is 15.1 Å². The van der Waals surface area contributed by atoms with Gasteiger partial charge in [0.15, 0.2) is 0 Å². The number of hydrogen-bond acceptors (Lipinski definition) is 4. The standard InChI is InChI=1S/C18H15FN4O/c1-2-16(24)22-18-21-11-15(12-6-8-20-9-7-12)17(23-18)13-4-3-5-14(19)10-13/h3-11H,2H2,1H3,(H,21,22,23,24). The molecule has 0 aliphatic carbocycles. The average molecular weight is 322 g/mol. The molecule has 0 fully saturated rings. The van der Waals surface area contributed by atoms with E-state index in [2.05, 4.69) is 20.3 Å². The van der Waals surface area contributed by atoms with E-state index in [1.165, 1.54) is 12.1 Å². The van der Waals surface area contributed by atoms with Crippen LogP contribution in [-0.2, 0) is 4.79 Å². The first-order chi connectivity index (χ1) is 11.7. The molecule has 0 radical (unpaired) electrons. The lowest BCUT2D eigenvalue weighted by Gasteiger charge is -2.11. The molecule has 0 bridgehead atoms. The molecule has 3 rings (SSSR count). The molecule has 24 heavy (non-hydrogen) atoms. The highest BCUT2D eigenvalue weighted by Gasteiger charge is 2.13. The molecule has 2 aromatic heterocycles. The van der Waals surface area contributed by atoms with Crippen LogP contribution in [0.5, 0.6) is 0 Å². The van der Waals surface area contributed by atoms with Gasteiger partial charge in [0.1, 0.15) is 5.82 Å². The Morgan fingerprint density at radius 3 is 2.67 bits per heavy atom. The molecule has 1 amide bonds. The van der Waals surface area contributed by atoms with Gasteiger partial charge in [-0.1, -0.05) is 19.1 Å². The van der Waals surface area contributed by atoms with Crippen LogP contribution in [-0.4, -0.2) is 20.9 Å². The Balaban J connectivity index is 2.13. The molecule has 3 aromatic rings. The van der Waals surface area contributed by atoms with Crippen molar-refractivity contribution < 1.29 is 9.18 Å². The first kappa shape index (κ1) is 15.7. The third-order valence-electron chi connectivity index (χ3n) is 3.45. The molecule has 0 aliphatic heterocycles. The van der Waals surface area contributed by atoms with Crippen molar-refractivity contribution in [3.63, 3.8) is 0 Å². The highest BCUT2D eigenvalue weighted by atomic mass is 19.1. The number of nitrogens with zero attached hydrogens (tertiary/aromatic N) is 3. The van der Waals surface area contributed by atoms with E-state index in [9.17, 15) is 9.18 Å². The predicted octanol–water partition coefficient (Wildman–Crippen LogP) is 3.69. The molecule has 120 valence electrons. The van der Waals surface area contributed by atoms with Crippen LogP contribution >= 0.6 is 0 Å². The summed E-state index contributed by atoms with van der Waals surface area (Å²) in [6.45, 7) is 1.74. The molecule has 0 aliphatic rings. The Morgan fingerprint density at radius 2 is 1.96 bits per heavy atom. The van der Waals surface area contributed by atoms with Crippen molar-refractivity contribution in [1.82, 2.24) is 15.0 Å². The number of benzene rings is 1. The van der Waals surface area contributed by atoms with E-state index in [-0.39, 0.29) is 17.7 Å². The fraction of sp³-hybridized carbons (Fsp3) is 0.111. The van der Waals surface area contributed by atoms with E-state index in [1.807, 2.05) is 12.1 Å². The zero-order valence-corrected chi connectivity index (χ0v) is 13.0. The van der Waals surface area contributed by atoms with E-state index in [4.69, 9.17) is 0 Å². The highest BCUT2D eigenvalue weighted by molar-refractivity contribution is 5.89. The number of aromatic nitrogens is 3. The Labute approximate surface area is 138 Å². The molecular weight excluding hydrogens is 307 g/mol. The molecule has 0 spiro atoms. The summed E-state index contributed by atoms with van der Waals surface area (Å²) in [7, 11) is 0. The maximum Gasteiger partial charge on any atom is 0.229 e. The van der Waals surface area contributed by atoms with Crippen LogP contribution < -0.4 is 5.32 Å². The van der Waals surface area contributed by atoms with E-state index in [0.717, 1.165) is 11.1 Å². The van der Waals surface area contributed by atoms with Gasteiger partial charge >= 0.3 is 0 Å². The quantitative estimate of drug-likeness (QED) is 0.795. The molecule has 2 heterocycles. The number of carbonyl (C=O) groups excluding carboxylic acids is 1. The largest absolute Gasteiger partial charge is 0.295 e. The number of carbonyl (C=O) groups is 1. The Bertz CT molecular complexity index is 868. The second-order valence-electron chi connectivity index (χ2n) is 5.10. The fourth-order valence-electron chi connectivity index (χ4n) is 2.25. The molecule has 5 nitrogen and oxygen atoms in total. The lowest BCUT2D eigenvalue weighted by atomic mass is 10.0. The number of pyridine rings is 1. The summed E-state index contributed by atoms with van der Waals surface area (Å²) < 4.78 is 13.6. The van der Waals surface area contributed by atoms with Crippen molar-refractivity contribution in [1.29, 1.82) is 0 Å². The number of halogens is 1. The van der Waals surface area contributed by atoms with Crippen LogP contribution in [0.4, 0.5) is 10.3 Å². The van der Waals surface area contributed by atoms with E-state index in [1.54, 1.807) is 37.6 Å². The lowest BCUT2D eigenvalue weighted by molar-refractivity contribution is -0.115. The van der Waals surface area contributed by atoms with E-state index >= 15 is 0 Å². The van der Waals surface area contributed by atoms with Gasteiger partial charge in [0.25, 0.3) is 0 Å². The molecule has 1 N–H and O–H groups in total. The van der Waals surface area contributed by atoms with Crippen LogP contribution in [0, 0.1) is 5.82 Å². The van der Waals surface area contributed by atoms with Crippen molar-refractivity contribution in [3.05, 3.63) is 60.8 Å². The number of nitrogens with one attached hydrogen (secondary N) is 1.